The summed E-state index contributed by atoms with van der Waals surface area (Å²) < 4.78 is 0. The summed E-state index contributed by atoms with van der Waals surface area (Å²) in [6.07, 6.45) is 1.02. The Balaban J connectivity index is 1.34. The van der Waals surface area contributed by atoms with Gasteiger partial charge < -0.3 is 20.9 Å². The molecule has 0 spiro atoms. The van der Waals surface area contributed by atoms with Crippen LogP contribution in [-0.2, 0) is 4.79 Å². The fraction of sp³-hybridized carbons (Fsp3) is 0.231. The molecular formula is C26H28N4O2. The number of urea groups is 1. The molecule has 3 aromatic rings. The molecular weight excluding hydrogens is 400 g/mol. The smallest absolute Gasteiger partial charge is 0.315 e. The average Bonchev–Trinajstić information content (AvgIpc) is 3.32. The maximum atomic E-state index is 12.9. The van der Waals surface area contributed by atoms with Crippen LogP contribution in [0.2, 0.25) is 0 Å². The fourth-order valence-corrected chi connectivity index (χ4v) is 3.97. The van der Waals surface area contributed by atoms with E-state index in [0.717, 1.165) is 25.1 Å². The van der Waals surface area contributed by atoms with E-state index in [4.69, 9.17) is 0 Å². The predicted octanol–water partition coefficient (Wildman–Crippen LogP) is 4.19. The van der Waals surface area contributed by atoms with Crippen LogP contribution in [0.4, 0.5) is 16.2 Å². The summed E-state index contributed by atoms with van der Waals surface area (Å²) in [6.45, 7) is 2.45. The summed E-state index contributed by atoms with van der Waals surface area (Å²) in [4.78, 5) is 28.0. The quantitative estimate of drug-likeness (QED) is 0.528. The Morgan fingerprint density at radius 1 is 0.875 bits per heavy atom. The third kappa shape index (κ3) is 5.66. The Labute approximate surface area is 188 Å². The molecule has 1 fully saturated rings. The molecule has 6 nitrogen and oxygen atoms in total. The molecule has 1 saturated heterocycles. The molecule has 0 aliphatic carbocycles. The average molecular weight is 429 g/mol. The lowest BCUT2D eigenvalue weighted by atomic mass is 10.1. The zero-order valence-electron chi connectivity index (χ0n) is 17.9. The van der Waals surface area contributed by atoms with Crippen molar-refractivity contribution in [2.45, 2.75) is 12.5 Å². The summed E-state index contributed by atoms with van der Waals surface area (Å²) in [5, 5.41) is 8.68. The summed E-state index contributed by atoms with van der Waals surface area (Å²) in [7, 11) is 0. The SMILES string of the molecule is O=C(NCC1CCN(c2ccccc2)C1)NC(C(=O)Nc1ccccc1)c1ccccc1. The maximum Gasteiger partial charge on any atom is 0.315 e. The Bertz CT molecular complexity index is 1010. The highest BCUT2D eigenvalue weighted by Gasteiger charge is 2.25. The minimum Gasteiger partial charge on any atom is -0.371 e. The zero-order valence-corrected chi connectivity index (χ0v) is 17.9. The second-order valence-corrected chi connectivity index (χ2v) is 7.99. The van der Waals surface area contributed by atoms with Crippen molar-refractivity contribution in [2.75, 3.05) is 29.9 Å². The van der Waals surface area contributed by atoms with E-state index in [-0.39, 0.29) is 11.9 Å². The van der Waals surface area contributed by atoms with Crippen molar-refractivity contribution in [2.24, 2.45) is 5.92 Å². The van der Waals surface area contributed by atoms with Crippen LogP contribution in [0.5, 0.6) is 0 Å². The van der Waals surface area contributed by atoms with Crippen molar-refractivity contribution in [3.63, 3.8) is 0 Å². The molecule has 3 aromatic carbocycles. The monoisotopic (exact) mass is 428 g/mol. The maximum absolute atomic E-state index is 12.9. The van der Waals surface area contributed by atoms with Gasteiger partial charge in [0, 0.05) is 31.0 Å². The normalized spacial score (nSPS) is 16.2. The van der Waals surface area contributed by atoms with Gasteiger partial charge in [0.15, 0.2) is 0 Å². The van der Waals surface area contributed by atoms with Gasteiger partial charge in [0.2, 0.25) is 0 Å². The van der Waals surface area contributed by atoms with E-state index in [1.807, 2.05) is 78.9 Å². The first-order valence-electron chi connectivity index (χ1n) is 10.9. The second-order valence-electron chi connectivity index (χ2n) is 7.99. The highest BCUT2D eigenvalue weighted by molar-refractivity contribution is 5.97. The number of para-hydroxylation sites is 2. The summed E-state index contributed by atoms with van der Waals surface area (Å²) >= 11 is 0. The molecule has 2 unspecified atom stereocenters. The lowest BCUT2D eigenvalue weighted by Crippen LogP contribution is -2.44. The van der Waals surface area contributed by atoms with Crippen LogP contribution in [-0.4, -0.2) is 31.6 Å². The van der Waals surface area contributed by atoms with E-state index in [9.17, 15) is 9.59 Å². The van der Waals surface area contributed by atoms with E-state index < -0.39 is 6.04 Å². The second kappa shape index (κ2) is 10.5. The Kier molecular flexibility index (Phi) is 7.02. The molecule has 32 heavy (non-hydrogen) atoms. The van der Waals surface area contributed by atoms with Crippen molar-refractivity contribution in [3.8, 4) is 0 Å². The number of anilines is 2. The van der Waals surface area contributed by atoms with Crippen molar-refractivity contribution in [1.29, 1.82) is 0 Å². The van der Waals surface area contributed by atoms with Gasteiger partial charge in [0.1, 0.15) is 6.04 Å². The molecule has 6 heteroatoms. The van der Waals surface area contributed by atoms with Crippen molar-refractivity contribution in [3.05, 3.63) is 96.6 Å². The number of amides is 3. The van der Waals surface area contributed by atoms with E-state index in [1.165, 1.54) is 5.69 Å². The van der Waals surface area contributed by atoms with Crippen LogP contribution >= 0.6 is 0 Å². The molecule has 0 radical (unpaired) electrons. The third-order valence-electron chi connectivity index (χ3n) is 5.67. The molecule has 0 bridgehead atoms. The van der Waals surface area contributed by atoms with Crippen molar-refractivity contribution in [1.82, 2.24) is 10.6 Å². The van der Waals surface area contributed by atoms with Gasteiger partial charge in [-0.05, 0) is 42.2 Å². The van der Waals surface area contributed by atoms with Crippen LogP contribution in [0.1, 0.15) is 18.0 Å². The Morgan fingerprint density at radius 2 is 1.50 bits per heavy atom. The standard InChI is InChI=1S/C26H28N4O2/c31-25(28-22-12-6-2-7-13-22)24(21-10-4-1-5-11-21)29-26(32)27-18-20-16-17-30(19-20)23-14-8-3-9-15-23/h1-15,20,24H,16-19H2,(H,28,31)(H2,27,29,32). The summed E-state index contributed by atoms with van der Waals surface area (Å²) in [6, 6.07) is 27.7. The van der Waals surface area contributed by atoms with Gasteiger partial charge in [-0.15, -0.1) is 0 Å². The lowest BCUT2D eigenvalue weighted by molar-refractivity contribution is -0.118. The lowest BCUT2D eigenvalue weighted by Gasteiger charge is -2.21. The van der Waals surface area contributed by atoms with Gasteiger partial charge in [-0.2, -0.15) is 0 Å². The van der Waals surface area contributed by atoms with E-state index >= 15 is 0 Å². The molecule has 4 rings (SSSR count). The third-order valence-corrected chi connectivity index (χ3v) is 5.67. The summed E-state index contributed by atoms with van der Waals surface area (Å²) in [5.74, 6) is 0.0861. The minimum atomic E-state index is -0.791. The van der Waals surface area contributed by atoms with Gasteiger partial charge >= 0.3 is 6.03 Å². The predicted molar refractivity (Wildman–Crippen MR) is 128 cm³/mol. The van der Waals surface area contributed by atoms with Gasteiger partial charge in [0.25, 0.3) is 5.91 Å². The Hall–Kier alpha value is -3.80. The van der Waals surface area contributed by atoms with Crippen LogP contribution in [0.25, 0.3) is 0 Å². The van der Waals surface area contributed by atoms with Gasteiger partial charge in [-0.1, -0.05) is 66.7 Å². The summed E-state index contributed by atoms with van der Waals surface area (Å²) in [5.41, 5.74) is 2.63. The number of hydrogen-bond acceptors (Lipinski definition) is 3. The molecule has 1 aliphatic heterocycles. The van der Waals surface area contributed by atoms with Gasteiger partial charge in [-0.25, -0.2) is 4.79 Å². The molecule has 0 aromatic heterocycles. The molecule has 1 heterocycles. The first kappa shape index (κ1) is 21.4. The number of hydrogen-bond donors (Lipinski definition) is 3. The topological polar surface area (TPSA) is 73.5 Å². The van der Waals surface area contributed by atoms with Crippen LogP contribution in [0, 0.1) is 5.92 Å². The zero-order chi connectivity index (χ0) is 22.2. The molecule has 1 aliphatic rings. The first-order valence-corrected chi connectivity index (χ1v) is 10.9. The molecule has 0 saturated carbocycles. The minimum absolute atomic E-state index is 0.284. The molecule has 3 amide bonds. The van der Waals surface area contributed by atoms with Crippen molar-refractivity contribution < 1.29 is 9.59 Å². The Morgan fingerprint density at radius 3 is 2.19 bits per heavy atom. The number of nitrogens with zero attached hydrogens (tertiary/aromatic N) is 1. The molecule has 3 N–H and O–H groups in total. The first-order chi connectivity index (χ1) is 15.7. The molecule has 2 atom stereocenters. The number of benzene rings is 3. The van der Waals surface area contributed by atoms with E-state index in [2.05, 4.69) is 33.0 Å². The van der Waals surface area contributed by atoms with Gasteiger partial charge in [-0.3, -0.25) is 4.79 Å². The highest BCUT2D eigenvalue weighted by Crippen LogP contribution is 2.23. The van der Waals surface area contributed by atoms with Crippen molar-refractivity contribution >= 4 is 23.3 Å². The van der Waals surface area contributed by atoms with Crippen LogP contribution in [0.15, 0.2) is 91.0 Å². The molecule has 164 valence electrons. The number of carbonyl (C=O) groups is 2. The number of rotatable bonds is 7. The van der Waals surface area contributed by atoms with Crippen LogP contribution in [0.3, 0.4) is 0 Å². The van der Waals surface area contributed by atoms with Crippen LogP contribution < -0.4 is 20.9 Å². The van der Waals surface area contributed by atoms with E-state index in [1.54, 1.807) is 0 Å². The highest BCUT2D eigenvalue weighted by atomic mass is 16.2. The largest absolute Gasteiger partial charge is 0.371 e. The van der Waals surface area contributed by atoms with Gasteiger partial charge in [0.05, 0.1) is 0 Å². The fourth-order valence-electron chi connectivity index (χ4n) is 3.97. The number of nitrogens with one attached hydrogen (secondary N) is 3. The van der Waals surface area contributed by atoms with E-state index in [0.29, 0.717) is 18.2 Å². The number of carbonyl (C=O) groups excluding carboxylic acids is 2.